The second kappa shape index (κ2) is 6.71. The Morgan fingerprint density at radius 2 is 1.86 bits per heavy atom. The van der Waals surface area contributed by atoms with E-state index in [9.17, 15) is 13.2 Å². The third kappa shape index (κ3) is 4.56. The highest BCUT2D eigenvalue weighted by atomic mass is 32.2. The van der Waals surface area contributed by atoms with Gasteiger partial charge in [0.2, 0.25) is 5.91 Å². The van der Waals surface area contributed by atoms with Crippen LogP contribution in [0.15, 0.2) is 34.2 Å². The van der Waals surface area contributed by atoms with Gasteiger partial charge in [-0.15, -0.1) is 0 Å². The van der Waals surface area contributed by atoms with E-state index in [0.717, 1.165) is 19.3 Å². The Bertz CT molecular complexity index is 636. The quantitative estimate of drug-likeness (QED) is 0.894. The summed E-state index contributed by atoms with van der Waals surface area (Å²) in [5.41, 5.74) is 0.563. The minimum absolute atomic E-state index is 0.156. The standard InChI is InChI=1S/C14H19N3O3S/c1-11(18)16-12-6-8-13(9-7-12)21(19,20)17-14-5-3-2-4-10-15-14/h6-9H,2-5,10H2,1H3,(H,15,17)(H,16,18). The van der Waals surface area contributed by atoms with Crippen LogP contribution in [0.5, 0.6) is 0 Å². The lowest BCUT2D eigenvalue weighted by Crippen LogP contribution is -2.30. The van der Waals surface area contributed by atoms with Crippen LogP contribution in [0.1, 0.15) is 32.6 Å². The Hall–Kier alpha value is -1.89. The molecule has 0 saturated heterocycles. The molecule has 0 unspecified atom stereocenters. The van der Waals surface area contributed by atoms with Gasteiger partial charge >= 0.3 is 0 Å². The molecule has 1 aliphatic rings. The summed E-state index contributed by atoms with van der Waals surface area (Å²) in [6, 6.07) is 6.05. The van der Waals surface area contributed by atoms with Crippen LogP contribution in [0.2, 0.25) is 0 Å². The second-order valence-corrected chi connectivity index (χ2v) is 6.63. The molecule has 1 heterocycles. The van der Waals surface area contributed by atoms with Crippen molar-refractivity contribution in [1.82, 2.24) is 4.72 Å². The van der Waals surface area contributed by atoms with E-state index in [2.05, 4.69) is 15.0 Å². The largest absolute Gasteiger partial charge is 0.326 e. The maximum atomic E-state index is 12.3. The van der Waals surface area contributed by atoms with E-state index in [1.54, 1.807) is 12.1 Å². The van der Waals surface area contributed by atoms with Gasteiger partial charge < -0.3 is 5.32 Å². The van der Waals surface area contributed by atoms with E-state index < -0.39 is 10.0 Å². The highest BCUT2D eigenvalue weighted by molar-refractivity contribution is 7.90. The van der Waals surface area contributed by atoms with Crippen molar-refractivity contribution in [2.75, 3.05) is 11.9 Å². The summed E-state index contributed by atoms with van der Waals surface area (Å²) in [5.74, 6) is 0.329. The van der Waals surface area contributed by atoms with E-state index in [1.165, 1.54) is 19.1 Å². The van der Waals surface area contributed by atoms with Crippen LogP contribution >= 0.6 is 0 Å². The van der Waals surface area contributed by atoms with Crippen molar-refractivity contribution in [2.45, 2.75) is 37.5 Å². The van der Waals surface area contributed by atoms with E-state index in [4.69, 9.17) is 0 Å². The molecule has 1 aromatic rings. The number of hydrogen-bond acceptors (Lipinski definition) is 4. The van der Waals surface area contributed by atoms with Gasteiger partial charge in [-0.25, -0.2) is 8.42 Å². The maximum absolute atomic E-state index is 12.3. The van der Waals surface area contributed by atoms with Crippen molar-refractivity contribution in [3.05, 3.63) is 24.3 Å². The molecular formula is C14H19N3O3S. The molecule has 6 nitrogen and oxygen atoms in total. The fraction of sp³-hybridized carbons (Fsp3) is 0.429. The highest BCUT2D eigenvalue weighted by Gasteiger charge is 2.17. The molecule has 0 saturated carbocycles. The molecule has 1 aromatic carbocycles. The molecule has 2 rings (SSSR count). The average Bonchev–Trinajstić information content (AvgIpc) is 2.67. The number of nitrogens with zero attached hydrogens (tertiary/aromatic N) is 1. The lowest BCUT2D eigenvalue weighted by molar-refractivity contribution is -0.114. The number of amides is 1. The number of aliphatic imine (C=N–C) groups is 1. The van der Waals surface area contributed by atoms with Crippen LogP contribution in [0, 0.1) is 0 Å². The number of carbonyl (C=O) groups excluding carboxylic acids is 1. The fourth-order valence-electron chi connectivity index (χ4n) is 2.09. The van der Waals surface area contributed by atoms with Crippen LogP contribution in [-0.2, 0) is 14.8 Å². The first-order valence-corrected chi connectivity index (χ1v) is 8.39. The number of amidine groups is 1. The molecule has 0 atom stereocenters. The third-order valence-electron chi connectivity index (χ3n) is 3.11. The van der Waals surface area contributed by atoms with Crippen molar-refractivity contribution >= 4 is 27.5 Å². The first kappa shape index (κ1) is 15.5. The minimum atomic E-state index is -3.61. The predicted molar refractivity (Wildman–Crippen MR) is 81.8 cm³/mol. The zero-order chi connectivity index (χ0) is 15.3. The summed E-state index contributed by atoms with van der Waals surface area (Å²) >= 11 is 0. The fourth-order valence-corrected chi connectivity index (χ4v) is 3.18. The van der Waals surface area contributed by atoms with Gasteiger partial charge in [0.25, 0.3) is 10.0 Å². The minimum Gasteiger partial charge on any atom is -0.326 e. The predicted octanol–water partition coefficient (Wildman–Crippen LogP) is 1.90. The Morgan fingerprint density at radius 1 is 1.14 bits per heavy atom. The number of anilines is 1. The number of nitrogens with one attached hydrogen (secondary N) is 2. The van der Waals surface area contributed by atoms with E-state index in [-0.39, 0.29) is 10.8 Å². The smallest absolute Gasteiger partial charge is 0.262 e. The molecule has 0 radical (unpaired) electrons. The molecule has 1 aliphatic heterocycles. The molecule has 2 N–H and O–H groups in total. The monoisotopic (exact) mass is 309 g/mol. The molecule has 0 spiro atoms. The number of rotatable bonds is 3. The van der Waals surface area contributed by atoms with Gasteiger partial charge in [0.15, 0.2) is 0 Å². The van der Waals surface area contributed by atoms with Crippen LogP contribution in [0.3, 0.4) is 0 Å². The summed E-state index contributed by atoms with van der Waals surface area (Å²) in [7, 11) is -3.61. The molecule has 1 amide bonds. The van der Waals surface area contributed by atoms with Crippen molar-refractivity contribution in [2.24, 2.45) is 4.99 Å². The van der Waals surface area contributed by atoms with Crippen LogP contribution < -0.4 is 10.0 Å². The zero-order valence-electron chi connectivity index (χ0n) is 11.9. The molecule has 114 valence electrons. The molecular weight excluding hydrogens is 290 g/mol. The summed E-state index contributed by atoms with van der Waals surface area (Å²) in [6.07, 6.45) is 3.67. The van der Waals surface area contributed by atoms with Gasteiger partial charge in [-0.3, -0.25) is 14.5 Å². The Balaban J connectivity index is 2.11. The Morgan fingerprint density at radius 3 is 2.52 bits per heavy atom. The first-order chi connectivity index (χ1) is 9.97. The summed E-state index contributed by atoms with van der Waals surface area (Å²) in [6.45, 7) is 2.07. The normalized spacial score (nSPS) is 15.8. The lowest BCUT2D eigenvalue weighted by atomic mass is 10.2. The highest BCUT2D eigenvalue weighted by Crippen LogP contribution is 2.15. The van der Waals surface area contributed by atoms with E-state index >= 15 is 0 Å². The van der Waals surface area contributed by atoms with Crippen molar-refractivity contribution in [1.29, 1.82) is 0 Å². The van der Waals surface area contributed by atoms with E-state index in [1.807, 2.05) is 0 Å². The molecule has 0 aliphatic carbocycles. The van der Waals surface area contributed by atoms with Gasteiger partial charge in [-0.05, 0) is 37.1 Å². The van der Waals surface area contributed by atoms with Gasteiger partial charge in [-0.2, -0.15) is 0 Å². The zero-order valence-corrected chi connectivity index (χ0v) is 12.7. The van der Waals surface area contributed by atoms with Crippen molar-refractivity contribution in [3.63, 3.8) is 0 Å². The maximum Gasteiger partial charge on any atom is 0.262 e. The van der Waals surface area contributed by atoms with Crippen LogP contribution in [-0.4, -0.2) is 26.7 Å². The number of benzene rings is 1. The molecule has 21 heavy (non-hydrogen) atoms. The Kier molecular flexibility index (Phi) is 4.95. The summed E-state index contributed by atoms with van der Waals surface area (Å²) < 4.78 is 27.1. The summed E-state index contributed by atoms with van der Waals surface area (Å²) in [4.78, 5) is 15.3. The third-order valence-corrected chi connectivity index (χ3v) is 4.51. The summed E-state index contributed by atoms with van der Waals surface area (Å²) in [5, 5.41) is 2.60. The van der Waals surface area contributed by atoms with Crippen LogP contribution in [0.25, 0.3) is 0 Å². The van der Waals surface area contributed by atoms with Gasteiger partial charge in [-0.1, -0.05) is 6.42 Å². The lowest BCUT2D eigenvalue weighted by Gasteiger charge is -2.10. The van der Waals surface area contributed by atoms with Crippen molar-refractivity contribution in [3.8, 4) is 0 Å². The van der Waals surface area contributed by atoms with Crippen LogP contribution in [0.4, 0.5) is 5.69 Å². The van der Waals surface area contributed by atoms with Gasteiger partial charge in [0.05, 0.1) is 4.90 Å². The van der Waals surface area contributed by atoms with Gasteiger partial charge in [0.1, 0.15) is 5.84 Å². The second-order valence-electron chi connectivity index (χ2n) is 4.95. The molecule has 0 fully saturated rings. The van der Waals surface area contributed by atoms with Gasteiger partial charge in [0, 0.05) is 25.6 Å². The van der Waals surface area contributed by atoms with E-state index in [0.29, 0.717) is 24.5 Å². The SMILES string of the molecule is CC(=O)Nc1ccc(S(=O)(=O)NC2=NCCCCC2)cc1. The van der Waals surface area contributed by atoms with Crippen molar-refractivity contribution < 1.29 is 13.2 Å². The molecule has 7 heteroatoms. The first-order valence-electron chi connectivity index (χ1n) is 6.91. The number of sulfonamides is 1. The number of carbonyl (C=O) groups is 1. The average molecular weight is 309 g/mol. The topological polar surface area (TPSA) is 87.6 Å². The Labute approximate surface area is 124 Å². The number of hydrogen-bond donors (Lipinski definition) is 2. The molecule has 0 bridgehead atoms. The molecule has 0 aromatic heterocycles.